The van der Waals surface area contributed by atoms with E-state index < -0.39 is 0 Å². The van der Waals surface area contributed by atoms with Crippen LogP contribution in [0.2, 0.25) is 0 Å². The largest absolute Gasteiger partial charge is 0.504 e. The summed E-state index contributed by atoms with van der Waals surface area (Å²) >= 11 is 0. The van der Waals surface area contributed by atoms with Gasteiger partial charge in [0.15, 0.2) is 23.0 Å². The van der Waals surface area contributed by atoms with Gasteiger partial charge in [0, 0.05) is 11.8 Å². The Labute approximate surface area is 151 Å². The highest BCUT2D eigenvalue weighted by atomic mass is 16.5. The zero-order valence-electron chi connectivity index (χ0n) is 14.7. The molecule has 138 valence electrons. The molecule has 2 aliphatic heterocycles. The van der Waals surface area contributed by atoms with Crippen molar-refractivity contribution in [3.8, 4) is 23.0 Å². The molecule has 0 amide bonds. The van der Waals surface area contributed by atoms with Gasteiger partial charge in [0.1, 0.15) is 0 Å². The molecule has 6 nitrogen and oxygen atoms in total. The topological polar surface area (TPSA) is 77.4 Å². The Balaban J connectivity index is 1.58. The third kappa shape index (κ3) is 2.75. The predicted molar refractivity (Wildman–Crippen MR) is 93.7 cm³/mol. The zero-order valence-corrected chi connectivity index (χ0v) is 14.7. The monoisotopic (exact) mass is 358 g/mol. The maximum atomic E-state index is 9.80. The average molecular weight is 358 g/mol. The molecule has 26 heavy (non-hydrogen) atoms. The second kappa shape index (κ2) is 6.70. The minimum absolute atomic E-state index is 0.0986. The van der Waals surface area contributed by atoms with E-state index in [-0.39, 0.29) is 35.5 Å². The van der Waals surface area contributed by atoms with E-state index in [0.29, 0.717) is 24.7 Å². The molecular formula is C20H22O6. The van der Waals surface area contributed by atoms with E-state index in [4.69, 9.17) is 18.9 Å². The molecule has 6 heteroatoms. The first kappa shape index (κ1) is 17.0. The third-order valence-electron chi connectivity index (χ3n) is 5.33. The first-order valence-electron chi connectivity index (χ1n) is 8.59. The maximum Gasteiger partial charge on any atom is 0.160 e. The summed E-state index contributed by atoms with van der Waals surface area (Å²) in [5.41, 5.74) is 1.94. The van der Waals surface area contributed by atoms with Gasteiger partial charge in [-0.05, 0) is 35.4 Å². The van der Waals surface area contributed by atoms with Gasteiger partial charge < -0.3 is 29.2 Å². The van der Waals surface area contributed by atoms with Crippen LogP contribution in [-0.2, 0) is 9.47 Å². The molecule has 0 aromatic heterocycles. The van der Waals surface area contributed by atoms with Crippen molar-refractivity contribution in [1.82, 2.24) is 0 Å². The summed E-state index contributed by atoms with van der Waals surface area (Å²) in [5.74, 6) is 1.54. The van der Waals surface area contributed by atoms with E-state index in [1.165, 1.54) is 14.2 Å². The molecule has 0 bridgehead atoms. The number of benzene rings is 2. The fraction of sp³-hybridized carbons (Fsp3) is 0.400. The lowest BCUT2D eigenvalue weighted by atomic mass is 9.85. The van der Waals surface area contributed by atoms with Crippen molar-refractivity contribution in [2.24, 2.45) is 11.8 Å². The highest BCUT2D eigenvalue weighted by Crippen LogP contribution is 2.51. The molecule has 4 atom stereocenters. The van der Waals surface area contributed by atoms with E-state index in [1.54, 1.807) is 12.1 Å². The number of ether oxygens (including phenoxy) is 4. The summed E-state index contributed by atoms with van der Waals surface area (Å²) in [4.78, 5) is 0. The van der Waals surface area contributed by atoms with Crippen LogP contribution in [0.4, 0.5) is 0 Å². The Bertz CT molecular complexity index is 737. The maximum absolute atomic E-state index is 9.80. The number of aromatic hydroxyl groups is 2. The van der Waals surface area contributed by atoms with Gasteiger partial charge >= 0.3 is 0 Å². The van der Waals surface area contributed by atoms with Gasteiger partial charge in [0.25, 0.3) is 0 Å². The van der Waals surface area contributed by atoms with Crippen LogP contribution in [0.1, 0.15) is 23.3 Å². The minimum atomic E-state index is -0.0986. The molecule has 2 N–H and O–H groups in total. The Kier molecular flexibility index (Phi) is 4.38. The van der Waals surface area contributed by atoms with Gasteiger partial charge in [0.2, 0.25) is 0 Å². The fourth-order valence-electron chi connectivity index (χ4n) is 3.98. The SMILES string of the molecule is COc1cc([C@H]2OC[C@H]3[C@@H]2CO[C@H]3c2ccc(O)c(OC)c2)ccc1O. The van der Waals surface area contributed by atoms with Crippen LogP contribution in [0.25, 0.3) is 0 Å². The summed E-state index contributed by atoms with van der Waals surface area (Å²) in [7, 11) is 3.06. The van der Waals surface area contributed by atoms with Crippen molar-refractivity contribution in [2.75, 3.05) is 27.4 Å². The number of rotatable bonds is 4. The van der Waals surface area contributed by atoms with Crippen LogP contribution < -0.4 is 9.47 Å². The van der Waals surface area contributed by atoms with Crippen molar-refractivity contribution in [3.05, 3.63) is 47.5 Å². The second-order valence-corrected chi connectivity index (χ2v) is 6.70. The number of hydrogen-bond donors (Lipinski definition) is 2. The van der Waals surface area contributed by atoms with Crippen molar-refractivity contribution in [1.29, 1.82) is 0 Å². The van der Waals surface area contributed by atoms with Gasteiger partial charge in [0.05, 0.1) is 39.6 Å². The third-order valence-corrected chi connectivity index (χ3v) is 5.33. The first-order valence-corrected chi connectivity index (χ1v) is 8.59. The standard InChI is InChI=1S/C20H22O6/c1-23-17-7-11(3-5-15(17)21)19-13-9-26-20(14(13)10-25-19)12-4-6-16(22)18(8-12)24-2/h3-8,13-14,19-22H,9-10H2,1-2H3/t13-,14-,19-,20+/m0/s1. The Hall–Kier alpha value is -2.44. The molecule has 2 aromatic rings. The quantitative estimate of drug-likeness (QED) is 0.874. The smallest absolute Gasteiger partial charge is 0.160 e. The lowest BCUT2D eigenvalue weighted by Crippen LogP contribution is -2.14. The van der Waals surface area contributed by atoms with Crippen molar-refractivity contribution in [2.45, 2.75) is 12.2 Å². The average Bonchev–Trinajstić information content (AvgIpc) is 3.25. The van der Waals surface area contributed by atoms with E-state index in [2.05, 4.69) is 0 Å². The number of methoxy groups -OCH3 is 2. The van der Waals surface area contributed by atoms with E-state index >= 15 is 0 Å². The van der Waals surface area contributed by atoms with Crippen LogP contribution in [0.5, 0.6) is 23.0 Å². The predicted octanol–water partition coefficient (Wildman–Crippen LogP) is 3.19. The van der Waals surface area contributed by atoms with Crippen molar-refractivity contribution < 1.29 is 29.2 Å². The molecule has 4 rings (SSSR count). The van der Waals surface area contributed by atoms with Crippen molar-refractivity contribution >= 4 is 0 Å². The Morgan fingerprint density at radius 2 is 1.19 bits per heavy atom. The molecule has 0 unspecified atom stereocenters. The second-order valence-electron chi connectivity index (χ2n) is 6.70. The molecule has 2 aliphatic rings. The molecule has 0 radical (unpaired) electrons. The van der Waals surface area contributed by atoms with E-state index in [1.807, 2.05) is 24.3 Å². The summed E-state index contributed by atoms with van der Waals surface area (Å²) < 4.78 is 22.6. The van der Waals surface area contributed by atoms with Crippen LogP contribution in [0.15, 0.2) is 36.4 Å². The van der Waals surface area contributed by atoms with Gasteiger partial charge in [-0.3, -0.25) is 0 Å². The molecule has 0 aliphatic carbocycles. The van der Waals surface area contributed by atoms with Gasteiger partial charge in [-0.25, -0.2) is 0 Å². The van der Waals surface area contributed by atoms with Crippen LogP contribution in [0.3, 0.4) is 0 Å². The molecule has 0 saturated carbocycles. The fourth-order valence-corrected chi connectivity index (χ4v) is 3.98. The summed E-state index contributed by atoms with van der Waals surface area (Å²) in [6, 6.07) is 10.6. The molecule has 2 saturated heterocycles. The van der Waals surface area contributed by atoms with Crippen LogP contribution >= 0.6 is 0 Å². The summed E-state index contributed by atoms with van der Waals surface area (Å²) in [6.45, 7) is 1.18. The molecule has 0 spiro atoms. The van der Waals surface area contributed by atoms with E-state index in [0.717, 1.165) is 11.1 Å². The Morgan fingerprint density at radius 3 is 1.58 bits per heavy atom. The molecule has 2 fully saturated rings. The summed E-state index contributed by atoms with van der Waals surface area (Å²) in [6.07, 6.45) is -0.197. The Morgan fingerprint density at radius 1 is 0.769 bits per heavy atom. The summed E-state index contributed by atoms with van der Waals surface area (Å²) in [5, 5.41) is 19.6. The van der Waals surface area contributed by atoms with Gasteiger partial charge in [-0.15, -0.1) is 0 Å². The normalized spacial score (nSPS) is 27.3. The lowest BCUT2D eigenvalue weighted by molar-refractivity contribution is 0.0191. The number of phenolic OH excluding ortho intramolecular Hbond substituents is 2. The molecule has 2 heterocycles. The van der Waals surface area contributed by atoms with Gasteiger partial charge in [-0.1, -0.05) is 12.1 Å². The van der Waals surface area contributed by atoms with E-state index in [9.17, 15) is 10.2 Å². The lowest BCUT2D eigenvalue weighted by Gasteiger charge is -2.18. The van der Waals surface area contributed by atoms with Crippen molar-refractivity contribution in [3.63, 3.8) is 0 Å². The van der Waals surface area contributed by atoms with Gasteiger partial charge in [-0.2, -0.15) is 0 Å². The zero-order chi connectivity index (χ0) is 18.3. The number of hydrogen-bond acceptors (Lipinski definition) is 6. The number of fused-ring (bicyclic) bond motifs is 1. The highest BCUT2D eigenvalue weighted by Gasteiger charge is 2.48. The van der Waals surface area contributed by atoms with Crippen LogP contribution in [0, 0.1) is 11.8 Å². The molecule has 2 aromatic carbocycles. The molecular weight excluding hydrogens is 336 g/mol. The number of phenols is 2. The van der Waals surface area contributed by atoms with Crippen LogP contribution in [-0.4, -0.2) is 37.6 Å². The minimum Gasteiger partial charge on any atom is -0.504 e. The first-order chi connectivity index (χ1) is 12.6. The highest BCUT2D eigenvalue weighted by molar-refractivity contribution is 5.44.